The van der Waals surface area contributed by atoms with Crippen molar-refractivity contribution in [2.75, 3.05) is 13.1 Å². The minimum absolute atomic E-state index is 0.0484. The third-order valence-electron chi connectivity index (χ3n) is 3.40. The monoisotopic (exact) mass is 376 g/mol. The van der Waals surface area contributed by atoms with E-state index in [1.807, 2.05) is 0 Å². The van der Waals surface area contributed by atoms with Gasteiger partial charge in [0.2, 0.25) is 5.91 Å². The molecule has 1 aliphatic heterocycles. The van der Waals surface area contributed by atoms with Crippen LogP contribution in [0.2, 0.25) is 0 Å². The van der Waals surface area contributed by atoms with Gasteiger partial charge in [-0.25, -0.2) is 9.07 Å². The molecular formula is C15H13FN6O3S. The molecule has 11 heteroatoms. The summed E-state index contributed by atoms with van der Waals surface area (Å²) in [6.45, 7) is 0.106. The Bertz CT molecular complexity index is 853. The van der Waals surface area contributed by atoms with Crippen LogP contribution in [-0.2, 0) is 16.1 Å². The smallest absolute Gasteiger partial charge is 0.293 e. The van der Waals surface area contributed by atoms with Crippen LogP contribution >= 0.6 is 11.8 Å². The van der Waals surface area contributed by atoms with Crippen LogP contribution in [0.4, 0.5) is 9.18 Å². The van der Waals surface area contributed by atoms with Crippen molar-refractivity contribution < 1.29 is 18.8 Å². The molecule has 9 nitrogen and oxygen atoms in total. The molecule has 0 atom stereocenters. The summed E-state index contributed by atoms with van der Waals surface area (Å²) in [5.74, 6) is -1.17. The van der Waals surface area contributed by atoms with Crippen molar-refractivity contribution in [1.82, 2.24) is 30.4 Å². The average molecular weight is 376 g/mol. The van der Waals surface area contributed by atoms with Crippen LogP contribution in [0.15, 0.2) is 35.5 Å². The molecule has 26 heavy (non-hydrogen) atoms. The molecule has 2 aromatic rings. The van der Waals surface area contributed by atoms with Gasteiger partial charge in [0.15, 0.2) is 0 Å². The molecule has 0 radical (unpaired) electrons. The maximum absolute atomic E-state index is 12.9. The van der Waals surface area contributed by atoms with E-state index in [2.05, 4.69) is 20.8 Å². The molecule has 1 aromatic carbocycles. The molecule has 0 bridgehead atoms. The van der Waals surface area contributed by atoms with Crippen molar-refractivity contribution in [2.45, 2.75) is 6.54 Å². The van der Waals surface area contributed by atoms with Gasteiger partial charge in [-0.05, 0) is 46.0 Å². The summed E-state index contributed by atoms with van der Waals surface area (Å²) in [5, 5.41) is 12.6. The lowest BCUT2D eigenvalue weighted by Crippen LogP contribution is -2.38. The van der Waals surface area contributed by atoms with Crippen molar-refractivity contribution in [1.29, 1.82) is 0 Å². The molecule has 0 spiro atoms. The highest BCUT2D eigenvalue weighted by molar-refractivity contribution is 8.18. The summed E-state index contributed by atoms with van der Waals surface area (Å²) in [4.78, 5) is 37.3. The molecular weight excluding hydrogens is 363 g/mol. The predicted molar refractivity (Wildman–Crippen MR) is 89.9 cm³/mol. The maximum atomic E-state index is 12.9. The van der Waals surface area contributed by atoms with Crippen molar-refractivity contribution in [3.05, 3.63) is 46.9 Å². The molecule has 3 rings (SSSR count). The number of hydrogen-bond donors (Lipinski definition) is 1. The Hall–Kier alpha value is -3.08. The van der Waals surface area contributed by atoms with Crippen LogP contribution in [-0.4, -0.2) is 55.3 Å². The van der Waals surface area contributed by atoms with Gasteiger partial charge in [-0.3, -0.25) is 19.3 Å². The molecule has 1 N–H and O–H groups in total. The first kappa shape index (κ1) is 17.7. The molecule has 3 amide bonds. The van der Waals surface area contributed by atoms with Gasteiger partial charge in [0.1, 0.15) is 18.7 Å². The van der Waals surface area contributed by atoms with E-state index in [1.54, 1.807) is 0 Å². The number of aromatic nitrogens is 4. The standard InChI is InChI=1S/C15H13FN6O3S/c16-11-3-1-10(2-4-11)7-12-14(24)22(15(25)26-12)6-5-17-13(23)8-21-9-18-19-20-21/h1-4,7,9H,5-6,8H2,(H,17,23)/b12-7-. The summed E-state index contributed by atoms with van der Waals surface area (Å²) >= 11 is 0.805. The number of tetrazole rings is 1. The van der Waals surface area contributed by atoms with Crippen molar-refractivity contribution in [2.24, 2.45) is 0 Å². The lowest BCUT2D eigenvalue weighted by molar-refractivity contribution is -0.124. The molecule has 134 valence electrons. The molecule has 1 aromatic heterocycles. The lowest BCUT2D eigenvalue weighted by atomic mass is 10.2. The number of nitrogens with one attached hydrogen (secondary N) is 1. The number of amides is 3. The van der Waals surface area contributed by atoms with Gasteiger partial charge in [0.05, 0.1) is 4.91 Å². The predicted octanol–water partition coefficient (Wildman–Crippen LogP) is 0.665. The highest BCUT2D eigenvalue weighted by Gasteiger charge is 2.34. The molecule has 1 aliphatic rings. The van der Waals surface area contributed by atoms with Crippen LogP contribution in [0.5, 0.6) is 0 Å². The van der Waals surface area contributed by atoms with E-state index in [0.717, 1.165) is 16.7 Å². The van der Waals surface area contributed by atoms with Gasteiger partial charge in [0.25, 0.3) is 11.1 Å². The largest absolute Gasteiger partial charge is 0.353 e. The highest BCUT2D eigenvalue weighted by atomic mass is 32.2. The second-order valence-corrected chi connectivity index (χ2v) is 6.24. The van der Waals surface area contributed by atoms with Gasteiger partial charge in [-0.2, -0.15) is 0 Å². The van der Waals surface area contributed by atoms with Gasteiger partial charge in [-0.15, -0.1) is 5.10 Å². The van der Waals surface area contributed by atoms with Crippen LogP contribution < -0.4 is 5.32 Å². The Morgan fingerprint density at radius 2 is 2.04 bits per heavy atom. The number of nitrogens with zero attached hydrogens (tertiary/aromatic N) is 5. The summed E-state index contributed by atoms with van der Waals surface area (Å²) in [6.07, 6.45) is 2.83. The molecule has 0 saturated carbocycles. The first-order valence-corrected chi connectivity index (χ1v) is 8.33. The van der Waals surface area contributed by atoms with Gasteiger partial charge in [0, 0.05) is 13.1 Å². The summed E-state index contributed by atoms with van der Waals surface area (Å²) in [7, 11) is 0. The third kappa shape index (κ3) is 4.30. The lowest BCUT2D eigenvalue weighted by Gasteiger charge is -2.12. The van der Waals surface area contributed by atoms with E-state index in [0.29, 0.717) is 5.56 Å². The zero-order valence-electron chi connectivity index (χ0n) is 13.3. The van der Waals surface area contributed by atoms with E-state index in [4.69, 9.17) is 0 Å². The van der Waals surface area contributed by atoms with Crippen molar-refractivity contribution in [3.8, 4) is 0 Å². The second-order valence-electron chi connectivity index (χ2n) is 5.24. The van der Waals surface area contributed by atoms with E-state index in [9.17, 15) is 18.8 Å². The summed E-state index contributed by atoms with van der Waals surface area (Å²) in [5.41, 5.74) is 0.617. The molecule has 0 aliphatic carbocycles. The summed E-state index contributed by atoms with van der Waals surface area (Å²) < 4.78 is 14.2. The SMILES string of the molecule is O=C(Cn1cnnn1)NCCN1C(=O)S/C(=C\c2ccc(F)cc2)C1=O. The molecule has 1 fully saturated rings. The fourth-order valence-corrected chi connectivity index (χ4v) is 3.03. The number of imide groups is 1. The second kappa shape index (κ2) is 7.87. The minimum Gasteiger partial charge on any atom is -0.353 e. The topological polar surface area (TPSA) is 110 Å². The summed E-state index contributed by atoms with van der Waals surface area (Å²) in [6, 6.07) is 5.58. The Morgan fingerprint density at radius 1 is 1.27 bits per heavy atom. The van der Waals surface area contributed by atoms with Crippen LogP contribution in [0, 0.1) is 5.82 Å². The number of carbonyl (C=O) groups is 3. The highest BCUT2D eigenvalue weighted by Crippen LogP contribution is 2.31. The molecule has 0 unspecified atom stereocenters. The van der Waals surface area contributed by atoms with Crippen molar-refractivity contribution in [3.63, 3.8) is 0 Å². The fraction of sp³-hybridized carbons (Fsp3) is 0.200. The number of carbonyl (C=O) groups excluding carboxylic acids is 3. The number of halogens is 1. The van der Waals surface area contributed by atoms with Gasteiger partial charge in [-0.1, -0.05) is 12.1 Å². The minimum atomic E-state index is -0.445. The normalized spacial score (nSPS) is 15.7. The molecule has 1 saturated heterocycles. The Labute approximate surface area is 151 Å². The van der Waals surface area contributed by atoms with Crippen molar-refractivity contribution >= 4 is 34.9 Å². The van der Waals surface area contributed by atoms with E-state index < -0.39 is 11.1 Å². The van der Waals surface area contributed by atoms with Crippen LogP contribution in [0.25, 0.3) is 6.08 Å². The quantitative estimate of drug-likeness (QED) is 0.738. The number of thioether (sulfide) groups is 1. The maximum Gasteiger partial charge on any atom is 0.293 e. The Balaban J connectivity index is 1.54. The first-order valence-electron chi connectivity index (χ1n) is 7.51. The number of hydrogen-bond acceptors (Lipinski definition) is 7. The number of benzene rings is 1. The van der Waals surface area contributed by atoms with E-state index in [1.165, 1.54) is 41.4 Å². The number of rotatable bonds is 6. The van der Waals surface area contributed by atoms with Crippen LogP contribution in [0.1, 0.15) is 5.56 Å². The van der Waals surface area contributed by atoms with E-state index >= 15 is 0 Å². The first-order chi connectivity index (χ1) is 12.5. The van der Waals surface area contributed by atoms with Gasteiger partial charge < -0.3 is 5.32 Å². The van der Waals surface area contributed by atoms with Gasteiger partial charge >= 0.3 is 0 Å². The Morgan fingerprint density at radius 3 is 2.73 bits per heavy atom. The zero-order valence-corrected chi connectivity index (χ0v) is 14.1. The van der Waals surface area contributed by atoms with Crippen LogP contribution in [0.3, 0.4) is 0 Å². The molecule has 2 heterocycles. The van der Waals surface area contributed by atoms with E-state index in [-0.39, 0.29) is 36.3 Å². The Kier molecular flexibility index (Phi) is 5.37. The zero-order chi connectivity index (χ0) is 18.5. The third-order valence-corrected chi connectivity index (χ3v) is 4.30. The average Bonchev–Trinajstić information content (AvgIpc) is 3.20. The fourth-order valence-electron chi connectivity index (χ4n) is 2.17.